The molecule has 0 saturated heterocycles. The Kier molecular flexibility index (Phi) is 6.20. The molecule has 1 unspecified atom stereocenters. The molecule has 0 rings (SSSR count). The fourth-order valence-electron chi connectivity index (χ4n) is 1.21. The van der Waals surface area contributed by atoms with Crippen LogP contribution in [0.1, 0.15) is 39.5 Å². The standard InChI is InChI=1S/C10H18O3/c1-4-6-7-8(9(11)5-2)10(12)13-3/h8H,4-7H2,1-3H3. The van der Waals surface area contributed by atoms with Crippen LogP contribution in [-0.4, -0.2) is 18.9 Å². The maximum absolute atomic E-state index is 11.3. The van der Waals surface area contributed by atoms with Crippen LogP contribution in [0, 0.1) is 5.92 Å². The van der Waals surface area contributed by atoms with E-state index in [0.29, 0.717) is 12.8 Å². The molecule has 0 aliphatic rings. The summed E-state index contributed by atoms with van der Waals surface area (Å²) in [5.41, 5.74) is 0. The van der Waals surface area contributed by atoms with Gasteiger partial charge in [0.1, 0.15) is 11.7 Å². The average Bonchev–Trinajstić information content (AvgIpc) is 2.17. The number of esters is 1. The highest BCUT2D eigenvalue weighted by atomic mass is 16.5. The first-order valence-electron chi connectivity index (χ1n) is 4.77. The number of hydrogen-bond donors (Lipinski definition) is 0. The predicted octanol–water partition coefficient (Wildman–Crippen LogP) is 1.94. The molecule has 0 saturated carbocycles. The second kappa shape index (κ2) is 6.63. The summed E-state index contributed by atoms with van der Waals surface area (Å²) < 4.78 is 4.57. The third-order valence-corrected chi connectivity index (χ3v) is 2.07. The van der Waals surface area contributed by atoms with Gasteiger partial charge in [-0.05, 0) is 6.42 Å². The van der Waals surface area contributed by atoms with Crippen LogP contribution in [0.4, 0.5) is 0 Å². The van der Waals surface area contributed by atoms with E-state index in [2.05, 4.69) is 4.74 Å². The summed E-state index contributed by atoms with van der Waals surface area (Å²) in [6.07, 6.45) is 2.91. The van der Waals surface area contributed by atoms with Gasteiger partial charge in [0, 0.05) is 6.42 Å². The molecule has 0 amide bonds. The topological polar surface area (TPSA) is 43.4 Å². The van der Waals surface area contributed by atoms with Crippen molar-refractivity contribution in [1.82, 2.24) is 0 Å². The van der Waals surface area contributed by atoms with E-state index in [0.717, 1.165) is 12.8 Å². The summed E-state index contributed by atoms with van der Waals surface area (Å²) in [7, 11) is 1.32. The Labute approximate surface area is 79.5 Å². The normalized spacial score (nSPS) is 12.2. The molecule has 0 aromatic carbocycles. The molecule has 0 bridgehead atoms. The number of unbranched alkanes of at least 4 members (excludes halogenated alkanes) is 1. The van der Waals surface area contributed by atoms with Gasteiger partial charge in [-0.3, -0.25) is 9.59 Å². The first-order chi connectivity index (χ1) is 6.17. The molecule has 76 valence electrons. The molecule has 0 aromatic heterocycles. The zero-order valence-electron chi connectivity index (χ0n) is 8.63. The van der Waals surface area contributed by atoms with Crippen LogP contribution >= 0.6 is 0 Å². The number of hydrogen-bond acceptors (Lipinski definition) is 3. The van der Waals surface area contributed by atoms with Crippen molar-refractivity contribution in [3.8, 4) is 0 Å². The van der Waals surface area contributed by atoms with Crippen molar-refractivity contribution >= 4 is 11.8 Å². The highest BCUT2D eigenvalue weighted by Crippen LogP contribution is 2.13. The highest BCUT2D eigenvalue weighted by molar-refractivity contribution is 5.98. The van der Waals surface area contributed by atoms with E-state index in [1.807, 2.05) is 6.92 Å². The van der Waals surface area contributed by atoms with Crippen LogP contribution in [0.15, 0.2) is 0 Å². The van der Waals surface area contributed by atoms with Crippen molar-refractivity contribution in [3.63, 3.8) is 0 Å². The van der Waals surface area contributed by atoms with Crippen LogP contribution in [0.5, 0.6) is 0 Å². The largest absolute Gasteiger partial charge is 0.468 e. The zero-order chi connectivity index (χ0) is 10.3. The van der Waals surface area contributed by atoms with Gasteiger partial charge in [-0.1, -0.05) is 26.7 Å². The SMILES string of the molecule is CCCCC(C(=O)CC)C(=O)OC. The molecule has 0 aliphatic carbocycles. The molecule has 0 N–H and O–H groups in total. The smallest absolute Gasteiger partial charge is 0.316 e. The van der Waals surface area contributed by atoms with E-state index in [4.69, 9.17) is 0 Å². The Morgan fingerprint density at radius 1 is 1.31 bits per heavy atom. The number of Topliss-reactive ketones (excluding diaryl/α,β-unsaturated/α-hetero) is 1. The minimum absolute atomic E-state index is 0.0136. The molecule has 0 aromatic rings. The molecule has 0 radical (unpaired) electrons. The molecule has 3 nitrogen and oxygen atoms in total. The quantitative estimate of drug-likeness (QED) is 0.470. The first kappa shape index (κ1) is 12.1. The third kappa shape index (κ3) is 4.06. The third-order valence-electron chi connectivity index (χ3n) is 2.07. The van der Waals surface area contributed by atoms with Crippen molar-refractivity contribution < 1.29 is 14.3 Å². The van der Waals surface area contributed by atoms with Gasteiger partial charge in [-0.25, -0.2) is 0 Å². The molecule has 13 heavy (non-hydrogen) atoms. The van der Waals surface area contributed by atoms with Crippen LogP contribution in [0.25, 0.3) is 0 Å². The van der Waals surface area contributed by atoms with Gasteiger partial charge in [0.15, 0.2) is 0 Å². The highest BCUT2D eigenvalue weighted by Gasteiger charge is 2.24. The van der Waals surface area contributed by atoms with E-state index in [9.17, 15) is 9.59 Å². The van der Waals surface area contributed by atoms with Crippen molar-refractivity contribution in [2.24, 2.45) is 5.92 Å². The number of ketones is 1. The van der Waals surface area contributed by atoms with Crippen LogP contribution in [0.3, 0.4) is 0 Å². The van der Waals surface area contributed by atoms with Gasteiger partial charge in [-0.2, -0.15) is 0 Å². The number of rotatable bonds is 6. The summed E-state index contributed by atoms with van der Waals surface area (Å²) in [6, 6.07) is 0. The van der Waals surface area contributed by atoms with Crippen LogP contribution in [0.2, 0.25) is 0 Å². The molecular weight excluding hydrogens is 168 g/mol. The van der Waals surface area contributed by atoms with E-state index in [1.165, 1.54) is 7.11 Å². The Hall–Kier alpha value is -0.860. The van der Waals surface area contributed by atoms with Crippen molar-refractivity contribution in [1.29, 1.82) is 0 Å². The zero-order valence-corrected chi connectivity index (χ0v) is 8.63. The molecule has 0 fully saturated rings. The molecule has 3 heteroatoms. The Balaban J connectivity index is 4.18. The Morgan fingerprint density at radius 3 is 2.31 bits per heavy atom. The maximum Gasteiger partial charge on any atom is 0.316 e. The fourth-order valence-corrected chi connectivity index (χ4v) is 1.21. The van der Waals surface area contributed by atoms with Gasteiger partial charge in [-0.15, -0.1) is 0 Å². The van der Waals surface area contributed by atoms with Gasteiger partial charge in [0.2, 0.25) is 0 Å². The monoisotopic (exact) mass is 186 g/mol. The second-order valence-electron chi connectivity index (χ2n) is 3.04. The minimum Gasteiger partial charge on any atom is -0.468 e. The molecule has 1 atom stereocenters. The second-order valence-corrected chi connectivity index (χ2v) is 3.04. The lowest BCUT2D eigenvalue weighted by atomic mass is 9.96. The minimum atomic E-state index is -0.532. The Bertz CT molecular complexity index is 159. The summed E-state index contributed by atoms with van der Waals surface area (Å²) in [6.45, 7) is 3.80. The molecule has 0 spiro atoms. The number of ether oxygens (including phenoxy) is 1. The number of carbonyl (C=O) groups is 2. The van der Waals surface area contributed by atoms with Gasteiger partial charge < -0.3 is 4.74 Å². The number of methoxy groups -OCH3 is 1. The van der Waals surface area contributed by atoms with Crippen LogP contribution in [-0.2, 0) is 14.3 Å². The molecule has 0 heterocycles. The van der Waals surface area contributed by atoms with Crippen molar-refractivity contribution in [2.75, 3.05) is 7.11 Å². The lowest BCUT2D eigenvalue weighted by Gasteiger charge is -2.11. The van der Waals surface area contributed by atoms with Crippen molar-refractivity contribution in [3.05, 3.63) is 0 Å². The number of carbonyl (C=O) groups excluding carboxylic acids is 2. The summed E-state index contributed by atoms with van der Waals surface area (Å²) in [5.74, 6) is -0.935. The molecule has 0 aliphatic heterocycles. The van der Waals surface area contributed by atoms with Gasteiger partial charge in [0.25, 0.3) is 0 Å². The predicted molar refractivity (Wildman–Crippen MR) is 50.3 cm³/mol. The van der Waals surface area contributed by atoms with E-state index in [-0.39, 0.29) is 11.8 Å². The van der Waals surface area contributed by atoms with E-state index < -0.39 is 5.92 Å². The first-order valence-corrected chi connectivity index (χ1v) is 4.77. The van der Waals surface area contributed by atoms with Crippen LogP contribution < -0.4 is 0 Å². The lowest BCUT2D eigenvalue weighted by molar-refractivity contribution is -0.149. The average molecular weight is 186 g/mol. The van der Waals surface area contributed by atoms with Crippen molar-refractivity contribution in [2.45, 2.75) is 39.5 Å². The lowest BCUT2D eigenvalue weighted by Crippen LogP contribution is -2.24. The maximum atomic E-state index is 11.3. The van der Waals surface area contributed by atoms with Gasteiger partial charge >= 0.3 is 5.97 Å². The van der Waals surface area contributed by atoms with E-state index in [1.54, 1.807) is 6.92 Å². The summed E-state index contributed by atoms with van der Waals surface area (Å²) >= 11 is 0. The Morgan fingerprint density at radius 2 is 1.92 bits per heavy atom. The molecular formula is C10H18O3. The van der Waals surface area contributed by atoms with Gasteiger partial charge in [0.05, 0.1) is 7.11 Å². The fraction of sp³-hybridized carbons (Fsp3) is 0.800. The van der Waals surface area contributed by atoms with E-state index >= 15 is 0 Å². The summed E-state index contributed by atoms with van der Waals surface area (Å²) in [5, 5.41) is 0. The summed E-state index contributed by atoms with van der Waals surface area (Å²) in [4.78, 5) is 22.5.